The molecular formula is C28H32Cl2N2O4S. The number of esters is 1. The summed E-state index contributed by atoms with van der Waals surface area (Å²) in [6.07, 6.45) is 11.0. The topological polar surface area (TPSA) is 81.4 Å². The Kier molecular flexibility index (Phi) is 9.68. The first kappa shape index (κ1) is 27.7. The molecule has 1 N–H and O–H groups in total. The number of halogens is 2. The van der Waals surface area contributed by atoms with Gasteiger partial charge >= 0.3 is 5.97 Å². The number of hydrogen-bond donors (Lipinski definition) is 1. The van der Waals surface area contributed by atoms with Crippen molar-refractivity contribution < 1.29 is 18.8 Å². The summed E-state index contributed by atoms with van der Waals surface area (Å²) in [4.78, 5) is 28.0. The first-order chi connectivity index (χ1) is 17.9. The third kappa shape index (κ3) is 6.39. The molecule has 0 saturated carbocycles. The lowest BCUT2D eigenvalue weighted by atomic mass is 9.97. The zero-order valence-electron chi connectivity index (χ0n) is 21.3. The summed E-state index contributed by atoms with van der Waals surface area (Å²) in [7, 11) is 0. The van der Waals surface area contributed by atoms with Gasteiger partial charge in [0.15, 0.2) is 0 Å². The maximum absolute atomic E-state index is 13.7. The zero-order chi connectivity index (χ0) is 26.4. The van der Waals surface area contributed by atoms with Crippen molar-refractivity contribution in [2.45, 2.75) is 78.1 Å². The minimum absolute atomic E-state index is 0.229. The van der Waals surface area contributed by atoms with Crippen LogP contribution >= 0.6 is 34.5 Å². The molecule has 1 aliphatic carbocycles. The van der Waals surface area contributed by atoms with Crippen LogP contribution in [0.25, 0.3) is 11.3 Å². The Morgan fingerprint density at radius 3 is 2.27 bits per heavy atom. The van der Waals surface area contributed by atoms with Crippen LogP contribution in [0.1, 0.15) is 95.2 Å². The van der Waals surface area contributed by atoms with E-state index < -0.39 is 11.9 Å². The Labute approximate surface area is 231 Å². The van der Waals surface area contributed by atoms with Crippen LogP contribution in [0.2, 0.25) is 10.0 Å². The Bertz CT molecular complexity index is 1250. The predicted octanol–water partition coefficient (Wildman–Crippen LogP) is 8.67. The molecule has 0 fully saturated rings. The molecule has 3 aromatic rings. The second-order valence-corrected chi connectivity index (χ2v) is 11.2. The number of nitrogens with zero attached hydrogens (tertiary/aromatic N) is 1. The van der Waals surface area contributed by atoms with Crippen molar-refractivity contribution in [3.8, 4) is 11.3 Å². The number of nitrogens with one attached hydrogen (secondary N) is 1. The standard InChI is InChI=1S/C28H32Cl2N2O4S/c1-3-35-28(34)23-18-13-10-8-6-4-5-7-9-11-16-21(18)37-27(23)31-26(33)22-17(2)36-32-25(22)24-19(29)14-12-15-20(24)30/h12,14-15H,3-11,13,16H2,1-2H3,(H,31,33). The van der Waals surface area contributed by atoms with Crippen LogP contribution in [0.3, 0.4) is 0 Å². The number of fused-ring (bicyclic) bond motifs is 1. The highest BCUT2D eigenvalue weighted by Crippen LogP contribution is 2.40. The number of carbonyl (C=O) groups is 2. The Hall–Kier alpha value is -2.35. The molecule has 2 aromatic heterocycles. The molecule has 0 unspecified atom stereocenters. The molecule has 0 bridgehead atoms. The molecule has 1 aliphatic rings. The first-order valence-electron chi connectivity index (χ1n) is 13.0. The number of anilines is 1. The number of aryl methyl sites for hydroxylation is 2. The van der Waals surface area contributed by atoms with E-state index in [1.54, 1.807) is 32.0 Å². The van der Waals surface area contributed by atoms with Crippen LogP contribution in [0.4, 0.5) is 5.00 Å². The van der Waals surface area contributed by atoms with Crippen LogP contribution in [0.5, 0.6) is 0 Å². The molecule has 1 amide bonds. The highest BCUT2D eigenvalue weighted by molar-refractivity contribution is 7.17. The van der Waals surface area contributed by atoms with E-state index in [0.717, 1.165) is 49.0 Å². The van der Waals surface area contributed by atoms with E-state index in [0.29, 0.717) is 31.9 Å². The van der Waals surface area contributed by atoms with Gasteiger partial charge in [0, 0.05) is 10.4 Å². The lowest BCUT2D eigenvalue weighted by Crippen LogP contribution is -2.16. The van der Waals surface area contributed by atoms with Crippen LogP contribution in [0, 0.1) is 6.92 Å². The fourth-order valence-electron chi connectivity index (χ4n) is 4.83. The number of rotatable bonds is 5. The molecular weight excluding hydrogens is 531 g/mol. The molecule has 6 nitrogen and oxygen atoms in total. The number of ether oxygens (including phenoxy) is 1. The van der Waals surface area contributed by atoms with Gasteiger partial charge in [0.25, 0.3) is 5.91 Å². The number of benzene rings is 1. The summed E-state index contributed by atoms with van der Waals surface area (Å²) in [6.45, 7) is 3.71. The van der Waals surface area contributed by atoms with Crippen LogP contribution in [-0.4, -0.2) is 23.6 Å². The quantitative estimate of drug-likeness (QED) is 0.314. The molecule has 4 rings (SSSR count). The monoisotopic (exact) mass is 562 g/mol. The molecule has 0 aliphatic heterocycles. The van der Waals surface area contributed by atoms with Gasteiger partial charge in [-0.05, 0) is 57.2 Å². The van der Waals surface area contributed by atoms with Crippen LogP contribution in [-0.2, 0) is 17.6 Å². The van der Waals surface area contributed by atoms with Crippen molar-refractivity contribution in [3.05, 3.63) is 55.6 Å². The second kappa shape index (κ2) is 12.9. The number of hydrogen-bond acceptors (Lipinski definition) is 6. The van der Waals surface area contributed by atoms with Gasteiger partial charge in [-0.2, -0.15) is 0 Å². The van der Waals surface area contributed by atoms with Gasteiger partial charge < -0.3 is 14.6 Å². The number of thiophene rings is 1. The number of amides is 1. The summed E-state index contributed by atoms with van der Waals surface area (Å²) in [6, 6.07) is 5.09. The van der Waals surface area contributed by atoms with Gasteiger partial charge in [-0.15, -0.1) is 11.3 Å². The normalized spacial score (nSPS) is 14.8. The fourth-order valence-corrected chi connectivity index (χ4v) is 6.68. The van der Waals surface area contributed by atoms with E-state index in [4.69, 9.17) is 32.5 Å². The van der Waals surface area contributed by atoms with Gasteiger partial charge in [-0.25, -0.2) is 4.79 Å². The lowest BCUT2D eigenvalue weighted by Gasteiger charge is -2.11. The lowest BCUT2D eigenvalue weighted by molar-refractivity contribution is 0.0526. The maximum Gasteiger partial charge on any atom is 0.341 e. The van der Waals surface area contributed by atoms with E-state index in [-0.39, 0.29) is 17.9 Å². The Balaban J connectivity index is 1.72. The minimum atomic E-state index is -0.437. The van der Waals surface area contributed by atoms with Crippen molar-refractivity contribution in [1.29, 1.82) is 0 Å². The first-order valence-corrected chi connectivity index (χ1v) is 14.5. The van der Waals surface area contributed by atoms with Gasteiger partial charge in [0.2, 0.25) is 0 Å². The van der Waals surface area contributed by atoms with E-state index in [1.807, 2.05) is 0 Å². The third-order valence-corrected chi connectivity index (χ3v) is 8.50. The van der Waals surface area contributed by atoms with Gasteiger partial charge in [0.1, 0.15) is 22.0 Å². The highest BCUT2D eigenvalue weighted by Gasteiger charge is 2.29. The molecule has 9 heteroatoms. The highest BCUT2D eigenvalue weighted by atomic mass is 35.5. The summed E-state index contributed by atoms with van der Waals surface area (Å²) < 4.78 is 10.8. The van der Waals surface area contributed by atoms with Gasteiger partial charge in [0.05, 0.1) is 22.2 Å². The zero-order valence-corrected chi connectivity index (χ0v) is 23.6. The molecule has 37 heavy (non-hydrogen) atoms. The molecule has 1 aromatic carbocycles. The van der Waals surface area contributed by atoms with E-state index in [1.165, 1.54) is 37.0 Å². The van der Waals surface area contributed by atoms with Gasteiger partial charge in [-0.3, -0.25) is 4.79 Å². The number of carbonyl (C=O) groups excluding carboxylic acids is 2. The van der Waals surface area contributed by atoms with Crippen molar-refractivity contribution in [1.82, 2.24) is 5.16 Å². The van der Waals surface area contributed by atoms with Crippen molar-refractivity contribution in [2.24, 2.45) is 0 Å². The van der Waals surface area contributed by atoms with E-state index in [2.05, 4.69) is 10.5 Å². The Morgan fingerprint density at radius 2 is 1.62 bits per heavy atom. The average molecular weight is 564 g/mol. The summed E-state index contributed by atoms with van der Waals surface area (Å²) in [5.41, 5.74) is 2.40. The summed E-state index contributed by atoms with van der Waals surface area (Å²) >= 11 is 14.3. The van der Waals surface area contributed by atoms with Crippen LogP contribution in [0.15, 0.2) is 22.7 Å². The Morgan fingerprint density at radius 1 is 1.00 bits per heavy atom. The molecule has 0 atom stereocenters. The number of aromatic nitrogens is 1. The molecule has 2 heterocycles. The van der Waals surface area contributed by atoms with Crippen molar-refractivity contribution in [2.75, 3.05) is 11.9 Å². The van der Waals surface area contributed by atoms with Gasteiger partial charge in [-0.1, -0.05) is 72.9 Å². The van der Waals surface area contributed by atoms with Crippen LogP contribution < -0.4 is 5.32 Å². The smallest absolute Gasteiger partial charge is 0.341 e. The van der Waals surface area contributed by atoms with Crippen molar-refractivity contribution in [3.63, 3.8) is 0 Å². The predicted molar refractivity (Wildman–Crippen MR) is 149 cm³/mol. The van der Waals surface area contributed by atoms with Crippen molar-refractivity contribution >= 4 is 51.4 Å². The molecule has 198 valence electrons. The second-order valence-electron chi connectivity index (χ2n) is 9.27. The minimum Gasteiger partial charge on any atom is -0.462 e. The molecule has 0 spiro atoms. The molecule has 0 radical (unpaired) electrons. The largest absolute Gasteiger partial charge is 0.462 e. The fraction of sp³-hybridized carbons (Fsp3) is 0.464. The summed E-state index contributed by atoms with van der Waals surface area (Å²) in [5, 5.41) is 8.30. The summed E-state index contributed by atoms with van der Waals surface area (Å²) in [5.74, 6) is -0.511. The SMILES string of the molecule is CCOC(=O)c1c(NC(=O)c2c(-c3c(Cl)cccc3Cl)noc2C)sc2c1CCCCCCCCCC2. The maximum atomic E-state index is 13.7. The average Bonchev–Trinajstić information content (AvgIpc) is 3.39. The van der Waals surface area contributed by atoms with E-state index >= 15 is 0 Å². The molecule has 0 saturated heterocycles. The third-order valence-electron chi connectivity index (χ3n) is 6.67. The van der Waals surface area contributed by atoms with E-state index in [9.17, 15) is 9.59 Å².